The lowest BCUT2D eigenvalue weighted by Crippen LogP contribution is -1.96. The molecule has 0 amide bonds. The van der Waals surface area contributed by atoms with Crippen LogP contribution in [-0.2, 0) is 0 Å². The van der Waals surface area contributed by atoms with Crippen LogP contribution in [-0.4, -0.2) is 21.3 Å². The van der Waals surface area contributed by atoms with Gasteiger partial charge in [-0.25, -0.2) is 0 Å². The first-order chi connectivity index (χ1) is 9.67. The molecule has 0 fully saturated rings. The number of nitrogens with two attached hydrogens (primary N) is 1. The summed E-state index contributed by atoms with van der Waals surface area (Å²) in [5, 5.41) is 0. The smallest absolute Gasteiger partial charge is 0.164 e. The van der Waals surface area contributed by atoms with Crippen molar-refractivity contribution in [1.82, 2.24) is 0 Å². The van der Waals surface area contributed by atoms with E-state index in [4.69, 9.17) is 24.7 Å². The van der Waals surface area contributed by atoms with Gasteiger partial charge in [-0.15, -0.1) is 0 Å². The molecule has 0 aliphatic carbocycles. The Kier molecular flexibility index (Phi) is 4.20. The Bertz CT molecular complexity index is 581. The molecule has 0 aromatic heterocycles. The predicted molar refractivity (Wildman–Crippen MR) is 77.0 cm³/mol. The highest BCUT2D eigenvalue weighted by Crippen LogP contribution is 2.38. The molecule has 2 aromatic rings. The normalized spacial score (nSPS) is 9.95. The zero-order chi connectivity index (χ0) is 14.5. The van der Waals surface area contributed by atoms with Crippen molar-refractivity contribution >= 4 is 5.69 Å². The van der Waals surface area contributed by atoms with Crippen LogP contribution in [0.2, 0.25) is 0 Å². The maximum atomic E-state index is 5.94. The van der Waals surface area contributed by atoms with E-state index in [1.807, 2.05) is 12.1 Å². The van der Waals surface area contributed by atoms with Gasteiger partial charge in [0.2, 0.25) is 0 Å². The van der Waals surface area contributed by atoms with E-state index in [0.717, 1.165) is 5.75 Å². The van der Waals surface area contributed by atoms with Crippen LogP contribution in [0.4, 0.5) is 5.69 Å². The Hall–Kier alpha value is -2.56. The monoisotopic (exact) mass is 275 g/mol. The zero-order valence-corrected chi connectivity index (χ0v) is 11.7. The Morgan fingerprint density at radius 3 is 1.80 bits per heavy atom. The Morgan fingerprint density at radius 1 is 0.700 bits per heavy atom. The molecule has 2 aromatic carbocycles. The van der Waals surface area contributed by atoms with E-state index >= 15 is 0 Å². The van der Waals surface area contributed by atoms with Crippen LogP contribution in [0, 0.1) is 0 Å². The number of hydrogen-bond acceptors (Lipinski definition) is 5. The highest BCUT2D eigenvalue weighted by atomic mass is 16.5. The minimum absolute atomic E-state index is 0.471. The molecule has 5 heteroatoms. The van der Waals surface area contributed by atoms with Crippen LogP contribution in [0.15, 0.2) is 36.4 Å². The van der Waals surface area contributed by atoms with Crippen molar-refractivity contribution in [2.45, 2.75) is 0 Å². The second-order valence-corrected chi connectivity index (χ2v) is 4.02. The van der Waals surface area contributed by atoms with Gasteiger partial charge in [-0.1, -0.05) is 0 Å². The SMILES string of the molecule is COc1ccc(Oc2cc(OC)c(OC)cc2N)cc1. The minimum Gasteiger partial charge on any atom is -0.497 e. The van der Waals surface area contributed by atoms with Gasteiger partial charge >= 0.3 is 0 Å². The first-order valence-corrected chi connectivity index (χ1v) is 6.01. The van der Waals surface area contributed by atoms with Gasteiger partial charge in [-0.3, -0.25) is 0 Å². The van der Waals surface area contributed by atoms with Crippen LogP contribution < -0.4 is 24.7 Å². The van der Waals surface area contributed by atoms with Gasteiger partial charge in [0.25, 0.3) is 0 Å². The van der Waals surface area contributed by atoms with Crippen molar-refractivity contribution in [3.05, 3.63) is 36.4 Å². The van der Waals surface area contributed by atoms with Gasteiger partial charge in [0.15, 0.2) is 17.2 Å². The second kappa shape index (κ2) is 6.06. The number of nitrogen functional groups attached to an aromatic ring is 1. The molecule has 0 radical (unpaired) electrons. The van der Waals surface area contributed by atoms with Crippen LogP contribution >= 0.6 is 0 Å². The molecule has 106 valence electrons. The average Bonchev–Trinajstić information content (AvgIpc) is 2.49. The van der Waals surface area contributed by atoms with Gasteiger partial charge in [0.1, 0.15) is 11.5 Å². The molecule has 2 N–H and O–H groups in total. The zero-order valence-electron chi connectivity index (χ0n) is 11.7. The first-order valence-electron chi connectivity index (χ1n) is 6.01. The third-order valence-corrected chi connectivity index (χ3v) is 2.80. The fraction of sp³-hybridized carbons (Fsp3) is 0.200. The lowest BCUT2D eigenvalue weighted by Gasteiger charge is -2.13. The molecule has 0 saturated carbocycles. The number of ether oxygens (including phenoxy) is 4. The number of rotatable bonds is 5. The third kappa shape index (κ3) is 2.88. The Balaban J connectivity index is 2.27. The summed E-state index contributed by atoms with van der Waals surface area (Å²) < 4.78 is 21.2. The molecule has 0 heterocycles. The lowest BCUT2D eigenvalue weighted by atomic mass is 10.2. The highest BCUT2D eigenvalue weighted by Gasteiger charge is 2.11. The number of anilines is 1. The van der Waals surface area contributed by atoms with E-state index < -0.39 is 0 Å². The van der Waals surface area contributed by atoms with Crippen LogP contribution in [0.1, 0.15) is 0 Å². The molecule has 5 nitrogen and oxygen atoms in total. The van der Waals surface area contributed by atoms with Crippen molar-refractivity contribution < 1.29 is 18.9 Å². The quantitative estimate of drug-likeness (QED) is 0.849. The van der Waals surface area contributed by atoms with E-state index in [1.54, 1.807) is 45.6 Å². The van der Waals surface area contributed by atoms with Crippen molar-refractivity contribution in [2.75, 3.05) is 27.1 Å². The van der Waals surface area contributed by atoms with Crippen LogP contribution in [0.25, 0.3) is 0 Å². The molecular formula is C15H17NO4. The largest absolute Gasteiger partial charge is 0.497 e. The molecule has 0 bridgehead atoms. The summed E-state index contributed by atoms with van der Waals surface area (Å²) in [6, 6.07) is 10.6. The van der Waals surface area contributed by atoms with Crippen LogP contribution in [0.5, 0.6) is 28.7 Å². The standard InChI is InChI=1S/C15H17NO4/c1-17-10-4-6-11(7-5-10)20-13-9-15(19-3)14(18-2)8-12(13)16/h4-9H,16H2,1-3H3. The summed E-state index contributed by atoms with van der Waals surface area (Å²) in [4.78, 5) is 0. The van der Waals surface area contributed by atoms with E-state index in [-0.39, 0.29) is 0 Å². The minimum atomic E-state index is 0.471. The maximum Gasteiger partial charge on any atom is 0.164 e. The topological polar surface area (TPSA) is 62.9 Å². The number of methoxy groups -OCH3 is 3. The molecule has 0 aliphatic rings. The van der Waals surface area contributed by atoms with Crippen molar-refractivity contribution in [2.24, 2.45) is 0 Å². The first kappa shape index (κ1) is 13.9. The third-order valence-electron chi connectivity index (χ3n) is 2.80. The van der Waals surface area contributed by atoms with Crippen LogP contribution in [0.3, 0.4) is 0 Å². The van der Waals surface area contributed by atoms with Gasteiger partial charge in [-0.05, 0) is 24.3 Å². The summed E-state index contributed by atoms with van der Waals surface area (Å²) in [5.41, 5.74) is 6.41. The van der Waals surface area contributed by atoms with Crippen molar-refractivity contribution in [1.29, 1.82) is 0 Å². The van der Waals surface area contributed by atoms with E-state index in [2.05, 4.69) is 0 Å². The fourth-order valence-corrected chi connectivity index (χ4v) is 1.74. The molecule has 20 heavy (non-hydrogen) atoms. The van der Waals surface area contributed by atoms with Crippen molar-refractivity contribution in [3.63, 3.8) is 0 Å². The molecule has 0 atom stereocenters. The van der Waals surface area contributed by atoms with E-state index in [1.165, 1.54) is 0 Å². The summed E-state index contributed by atoms with van der Waals surface area (Å²) >= 11 is 0. The summed E-state index contributed by atoms with van der Waals surface area (Å²) in [5.74, 6) is 3.05. The summed E-state index contributed by atoms with van der Waals surface area (Å²) in [6.45, 7) is 0. The summed E-state index contributed by atoms with van der Waals surface area (Å²) in [6.07, 6.45) is 0. The Morgan fingerprint density at radius 2 is 1.25 bits per heavy atom. The maximum absolute atomic E-state index is 5.94. The molecule has 2 rings (SSSR count). The van der Waals surface area contributed by atoms with Gasteiger partial charge in [0.05, 0.1) is 27.0 Å². The van der Waals surface area contributed by atoms with Crippen molar-refractivity contribution in [3.8, 4) is 28.7 Å². The lowest BCUT2D eigenvalue weighted by molar-refractivity contribution is 0.352. The van der Waals surface area contributed by atoms with Gasteiger partial charge in [-0.2, -0.15) is 0 Å². The summed E-state index contributed by atoms with van der Waals surface area (Å²) in [7, 11) is 4.73. The Labute approximate surface area is 117 Å². The predicted octanol–water partition coefficient (Wildman–Crippen LogP) is 3.09. The van der Waals surface area contributed by atoms with Gasteiger partial charge < -0.3 is 24.7 Å². The molecule has 0 saturated heterocycles. The fourth-order valence-electron chi connectivity index (χ4n) is 1.74. The second-order valence-electron chi connectivity index (χ2n) is 4.02. The number of hydrogen-bond donors (Lipinski definition) is 1. The van der Waals surface area contributed by atoms with E-state index in [0.29, 0.717) is 28.7 Å². The van der Waals surface area contributed by atoms with Gasteiger partial charge in [0, 0.05) is 12.1 Å². The molecule has 0 unspecified atom stereocenters. The molecule has 0 spiro atoms. The average molecular weight is 275 g/mol. The van der Waals surface area contributed by atoms with E-state index in [9.17, 15) is 0 Å². The molecule has 0 aliphatic heterocycles. The molecular weight excluding hydrogens is 258 g/mol. The highest BCUT2D eigenvalue weighted by molar-refractivity contribution is 5.62. The number of benzene rings is 2.